The Morgan fingerprint density at radius 2 is 1.20 bits per heavy atom. The molecule has 0 aliphatic rings. The van der Waals surface area contributed by atoms with Gasteiger partial charge in [-0.25, -0.2) is 0 Å². The Morgan fingerprint density at radius 1 is 0.900 bits per heavy atom. The van der Waals surface area contributed by atoms with Crippen LogP contribution >= 0.6 is 0 Å². The Hall–Kier alpha value is 0.0748. The van der Waals surface area contributed by atoms with Crippen LogP contribution in [0.2, 0.25) is 27.3 Å². The van der Waals surface area contributed by atoms with Crippen LogP contribution in [0.4, 0.5) is 0 Å². The molecule has 10 heavy (non-hydrogen) atoms. The van der Waals surface area contributed by atoms with Gasteiger partial charge in [0.2, 0.25) is 0 Å². The zero-order chi connectivity index (χ0) is 8.15. The summed E-state index contributed by atoms with van der Waals surface area (Å²) in [4.78, 5) is 0. The van der Waals surface area contributed by atoms with Gasteiger partial charge in [0.25, 0.3) is 13.8 Å². The number of hydrogen-bond acceptors (Lipinski definition) is 3. The second kappa shape index (κ2) is 4.82. The van der Waals surface area contributed by atoms with Gasteiger partial charge in [0.15, 0.2) is 0 Å². The quantitative estimate of drug-likeness (QED) is 0.580. The molecule has 0 radical (unpaired) electrons. The Bertz CT molecular complexity index is 77.8. The van der Waals surface area contributed by atoms with E-state index in [4.69, 9.17) is 14.2 Å². The lowest BCUT2D eigenvalue weighted by atomic mass is 9.71. The summed E-state index contributed by atoms with van der Waals surface area (Å²) in [5.74, 6) is 0. The van der Waals surface area contributed by atoms with Gasteiger partial charge in [0.05, 0.1) is 0 Å². The van der Waals surface area contributed by atoms with Gasteiger partial charge in [0, 0.05) is 0 Å². The molecule has 1 N–H and O–H groups in total. The molecular weight excluding hydrogens is 128 g/mol. The van der Waals surface area contributed by atoms with Crippen molar-refractivity contribution in [3.8, 4) is 0 Å². The van der Waals surface area contributed by atoms with Crippen molar-refractivity contribution in [1.82, 2.24) is 0 Å². The lowest BCUT2D eigenvalue weighted by Crippen LogP contribution is -2.32. The Labute approximate surface area is 63.5 Å². The molecule has 0 fully saturated rings. The molecule has 0 rings (SSSR count). The SMILES string of the molecule is CB(C)OB(O)OB(C)C. The van der Waals surface area contributed by atoms with Crippen LogP contribution in [0.1, 0.15) is 0 Å². The van der Waals surface area contributed by atoms with E-state index in [0.29, 0.717) is 0 Å². The fraction of sp³-hybridized carbons (Fsp3) is 1.00. The van der Waals surface area contributed by atoms with E-state index >= 15 is 0 Å². The first-order valence-corrected chi connectivity index (χ1v) is 3.51. The second-order valence-electron chi connectivity index (χ2n) is 2.68. The van der Waals surface area contributed by atoms with Gasteiger partial charge in [-0.1, -0.05) is 27.3 Å². The van der Waals surface area contributed by atoms with Crippen molar-refractivity contribution in [3.63, 3.8) is 0 Å². The van der Waals surface area contributed by atoms with Crippen molar-refractivity contribution in [2.45, 2.75) is 27.3 Å². The summed E-state index contributed by atoms with van der Waals surface area (Å²) >= 11 is 0. The average molecular weight is 142 g/mol. The molecule has 0 bridgehead atoms. The molecule has 0 aromatic carbocycles. The van der Waals surface area contributed by atoms with E-state index in [0.717, 1.165) is 0 Å². The van der Waals surface area contributed by atoms with E-state index < -0.39 is 7.32 Å². The van der Waals surface area contributed by atoms with E-state index in [1.807, 2.05) is 27.3 Å². The van der Waals surface area contributed by atoms with Gasteiger partial charge >= 0.3 is 7.32 Å². The van der Waals surface area contributed by atoms with Crippen LogP contribution in [-0.2, 0) is 9.14 Å². The minimum atomic E-state index is -1.08. The molecule has 0 atom stereocenters. The van der Waals surface area contributed by atoms with Crippen molar-refractivity contribution in [1.29, 1.82) is 0 Å². The lowest BCUT2D eigenvalue weighted by Gasteiger charge is -2.10. The monoisotopic (exact) mass is 142 g/mol. The summed E-state index contributed by atoms with van der Waals surface area (Å²) < 4.78 is 9.79. The summed E-state index contributed by atoms with van der Waals surface area (Å²) in [5, 5.41) is 8.95. The predicted molar refractivity (Wildman–Crippen MR) is 45.1 cm³/mol. The number of rotatable bonds is 4. The molecule has 0 aliphatic carbocycles. The van der Waals surface area contributed by atoms with Crippen LogP contribution in [0.3, 0.4) is 0 Å². The Kier molecular flexibility index (Phi) is 4.86. The highest BCUT2D eigenvalue weighted by atomic mass is 16.7. The fourth-order valence-electron chi connectivity index (χ4n) is 0.498. The van der Waals surface area contributed by atoms with Crippen LogP contribution in [0, 0.1) is 0 Å². The van der Waals surface area contributed by atoms with Gasteiger partial charge in [-0.3, -0.25) is 0 Å². The van der Waals surface area contributed by atoms with Gasteiger partial charge in [0.1, 0.15) is 0 Å². The minimum absolute atomic E-state index is 0.00579. The Balaban J connectivity index is 3.34. The van der Waals surface area contributed by atoms with E-state index in [1.54, 1.807) is 0 Å². The summed E-state index contributed by atoms with van der Waals surface area (Å²) in [6.45, 7) is 7.35. The van der Waals surface area contributed by atoms with E-state index in [9.17, 15) is 0 Å². The van der Waals surface area contributed by atoms with E-state index in [1.165, 1.54) is 0 Å². The third-order valence-corrected chi connectivity index (χ3v) is 0.777. The molecule has 0 heterocycles. The molecule has 0 aliphatic heterocycles. The van der Waals surface area contributed by atoms with Gasteiger partial charge in [-0.15, -0.1) is 0 Å². The summed E-state index contributed by atoms with van der Waals surface area (Å²) in [7, 11) is -1.08. The van der Waals surface area contributed by atoms with Gasteiger partial charge in [-0.2, -0.15) is 0 Å². The Morgan fingerprint density at radius 3 is 1.40 bits per heavy atom. The molecule has 0 unspecified atom stereocenters. The third kappa shape index (κ3) is 6.20. The molecule has 0 aromatic rings. The number of hydrogen-bond donors (Lipinski definition) is 1. The molecule has 0 spiro atoms. The van der Waals surface area contributed by atoms with E-state index in [2.05, 4.69) is 0 Å². The normalized spacial score (nSPS) is 9.30. The maximum absolute atomic E-state index is 8.95. The topological polar surface area (TPSA) is 38.7 Å². The fourth-order valence-corrected chi connectivity index (χ4v) is 0.498. The molecule has 0 amide bonds. The molecule has 56 valence electrons. The molecule has 0 saturated heterocycles. The smallest absolute Gasteiger partial charge is 0.450 e. The van der Waals surface area contributed by atoms with Crippen LogP contribution < -0.4 is 0 Å². The highest BCUT2D eigenvalue weighted by Gasteiger charge is 2.19. The summed E-state index contributed by atoms with van der Waals surface area (Å²) in [6, 6.07) is 0. The zero-order valence-corrected chi connectivity index (χ0v) is 7.00. The molecule has 3 nitrogen and oxygen atoms in total. The van der Waals surface area contributed by atoms with Crippen molar-refractivity contribution in [2.75, 3.05) is 0 Å². The lowest BCUT2D eigenvalue weighted by molar-refractivity contribution is 0.304. The third-order valence-electron chi connectivity index (χ3n) is 0.777. The van der Waals surface area contributed by atoms with E-state index in [-0.39, 0.29) is 13.8 Å². The first-order valence-electron chi connectivity index (χ1n) is 3.51. The predicted octanol–water partition coefficient (Wildman–Crippen LogP) is 0.499. The maximum atomic E-state index is 8.95. The summed E-state index contributed by atoms with van der Waals surface area (Å²) in [5.41, 5.74) is 0. The molecule has 6 heteroatoms. The van der Waals surface area contributed by atoms with Crippen molar-refractivity contribution in [3.05, 3.63) is 0 Å². The van der Waals surface area contributed by atoms with Crippen molar-refractivity contribution < 1.29 is 14.2 Å². The highest BCUT2D eigenvalue weighted by Crippen LogP contribution is 1.92. The largest absolute Gasteiger partial charge is 0.605 e. The average Bonchev–Trinajstić information content (AvgIpc) is 1.58. The molecular formula is C4H13B3O3. The van der Waals surface area contributed by atoms with Crippen molar-refractivity contribution in [2.24, 2.45) is 0 Å². The van der Waals surface area contributed by atoms with Gasteiger partial charge < -0.3 is 14.2 Å². The van der Waals surface area contributed by atoms with Crippen molar-refractivity contribution >= 4 is 21.2 Å². The van der Waals surface area contributed by atoms with Crippen LogP contribution in [0.15, 0.2) is 0 Å². The highest BCUT2D eigenvalue weighted by molar-refractivity contribution is 6.64. The zero-order valence-electron chi connectivity index (χ0n) is 7.00. The van der Waals surface area contributed by atoms with Crippen LogP contribution in [0.5, 0.6) is 0 Å². The molecule has 0 aromatic heterocycles. The second-order valence-corrected chi connectivity index (χ2v) is 2.68. The summed E-state index contributed by atoms with van der Waals surface area (Å²) in [6.07, 6.45) is 0. The minimum Gasteiger partial charge on any atom is -0.450 e. The standard InChI is InChI=1S/C4H13B3O3/c1-5(2)9-7(8)10-6(3)4/h8H,1-4H3. The first-order chi connectivity index (χ1) is 4.52. The van der Waals surface area contributed by atoms with Crippen LogP contribution in [0.25, 0.3) is 0 Å². The van der Waals surface area contributed by atoms with Gasteiger partial charge in [-0.05, 0) is 0 Å². The maximum Gasteiger partial charge on any atom is 0.605 e. The first kappa shape index (κ1) is 10.1. The molecule has 0 saturated carbocycles. The van der Waals surface area contributed by atoms with Crippen LogP contribution in [-0.4, -0.2) is 26.2 Å².